The van der Waals surface area contributed by atoms with E-state index in [1.165, 1.54) is 12.8 Å². The van der Waals surface area contributed by atoms with Crippen LogP contribution < -0.4 is 19.5 Å². The number of para-hydroxylation sites is 2. The fourth-order valence-corrected chi connectivity index (χ4v) is 5.54. The molecule has 3 aromatic rings. The van der Waals surface area contributed by atoms with Gasteiger partial charge < -0.3 is 19.5 Å². The van der Waals surface area contributed by atoms with Crippen LogP contribution in [0.5, 0.6) is 17.2 Å². The molecule has 38 heavy (non-hydrogen) atoms. The molecule has 1 amide bonds. The van der Waals surface area contributed by atoms with Gasteiger partial charge in [-0.3, -0.25) is 9.69 Å². The van der Waals surface area contributed by atoms with Gasteiger partial charge in [0.1, 0.15) is 35.1 Å². The molecule has 7 nitrogen and oxygen atoms in total. The van der Waals surface area contributed by atoms with E-state index in [4.69, 9.17) is 19.2 Å². The zero-order valence-electron chi connectivity index (χ0n) is 22.7. The number of hydrogen-bond acceptors (Lipinski definition) is 6. The molecule has 0 spiro atoms. The third-order valence-corrected chi connectivity index (χ3v) is 7.69. The van der Waals surface area contributed by atoms with E-state index in [0.29, 0.717) is 35.4 Å². The minimum atomic E-state index is -0.180. The van der Waals surface area contributed by atoms with Crippen molar-refractivity contribution in [2.75, 3.05) is 20.2 Å². The van der Waals surface area contributed by atoms with Crippen LogP contribution in [-0.4, -0.2) is 54.2 Å². The average Bonchev–Trinajstić information content (AvgIpc) is 3.45. The first kappa shape index (κ1) is 26.3. The summed E-state index contributed by atoms with van der Waals surface area (Å²) in [5.41, 5.74) is 1.94. The number of likely N-dealkylation sites (tertiary alicyclic amines) is 1. The van der Waals surface area contributed by atoms with E-state index in [0.717, 1.165) is 55.5 Å². The monoisotopic (exact) mass is 517 g/mol. The summed E-state index contributed by atoms with van der Waals surface area (Å²) in [5, 5.41) is 4.07. The lowest BCUT2D eigenvalue weighted by Gasteiger charge is -2.35. The summed E-state index contributed by atoms with van der Waals surface area (Å²) in [6, 6.07) is 16.0. The maximum Gasteiger partial charge on any atom is 0.270 e. The molecule has 1 aliphatic heterocycles. The number of ether oxygens (including phenoxy) is 3. The number of pyridine rings is 1. The molecule has 202 valence electrons. The van der Waals surface area contributed by atoms with Gasteiger partial charge in [-0.2, -0.15) is 0 Å². The van der Waals surface area contributed by atoms with Gasteiger partial charge in [0, 0.05) is 35.6 Å². The average molecular weight is 518 g/mol. The second-order valence-corrected chi connectivity index (χ2v) is 10.7. The summed E-state index contributed by atoms with van der Waals surface area (Å²) in [7, 11) is 1.65. The maximum absolute atomic E-state index is 13.5. The number of rotatable bonds is 9. The third-order valence-electron chi connectivity index (χ3n) is 7.69. The quantitative estimate of drug-likeness (QED) is 0.390. The van der Waals surface area contributed by atoms with Gasteiger partial charge in [0.05, 0.1) is 13.2 Å². The lowest BCUT2D eigenvalue weighted by Crippen LogP contribution is -2.49. The zero-order chi connectivity index (χ0) is 26.5. The Kier molecular flexibility index (Phi) is 8.32. The van der Waals surface area contributed by atoms with Crippen LogP contribution in [0.4, 0.5) is 0 Å². The standard InChI is InChI=1S/C31H39N3O4/c1-21(2)34-17-9-11-23(19-34)32-31(35)26-18-29(37-20-22-10-4-7-15-27(22)36-3)25-14-8-16-28(30(25)33-26)38-24-12-5-6-13-24/h4,7-8,10,14-16,18,21,23-24H,5-6,9,11-13,17,19-20H2,1-3H3,(H,32,35)/t23-/m1/s1. The summed E-state index contributed by atoms with van der Waals surface area (Å²) in [5.74, 6) is 1.90. The number of hydrogen-bond donors (Lipinski definition) is 1. The van der Waals surface area contributed by atoms with E-state index in [2.05, 4.69) is 24.1 Å². The topological polar surface area (TPSA) is 72.9 Å². The van der Waals surface area contributed by atoms with Crippen LogP contribution in [0.25, 0.3) is 10.9 Å². The number of carbonyl (C=O) groups is 1. The highest BCUT2D eigenvalue weighted by molar-refractivity contribution is 5.98. The molecule has 0 bridgehead atoms. The van der Waals surface area contributed by atoms with Gasteiger partial charge in [-0.15, -0.1) is 0 Å². The number of nitrogens with one attached hydrogen (secondary N) is 1. The molecule has 1 atom stereocenters. The van der Waals surface area contributed by atoms with Gasteiger partial charge in [0.2, 0.25) is 0 Å². The van der Waals surface area contributed by atoms with Crippen LogP contribution >= 0.6 is 0 Å². The Balaban J connectivity index is 1.45. The highest BCUT2D eigenvalue weighted by Crippen LogP contribution is 2.35. The summed E-state index contributed by atoms with van der Waals surface area (Å²) in [4.78, 5) is 20.8. The van der Waals surface area contributed by atoms with Crippen LogP contribution in [0.15, 0.2) is 48.5 Å². The molecular weight excluding hydrogens is 478 g/mol. The molecule has 2 aliphatic rings. The molecule has 1 N–H and O–H groups in total. The minimum absolute atomic E-state index is 0.0964. The van der Waals surface area contributed by atoms with Gasteiger partial charge >= 0.3 is 0 Å². The number of amides is 1. The number of fused-ring (bicyclic) bond motifs is 1. The van der Waals surface area contributed by atoms with E-state index in [9.17, 15) is 4.79 Å². The first-order valence-corrected chi connectivity index (χ1v) is 13.9. The number of carbonyl (C=O) groups excluding carboxylic acids is 1. The van der Waals surface area contributed by atoms with E-state index in [1.54, 1.807) is 13.2 Å². The maximum atomic E-state index is 13.5. The summed E-state index contributed by atoms with van der Waals surface area (Å²) in [6.07, 6.45) is 6.67. The van der Waals surface area contributed by atoms with Gasteiger partial charge in [0.15, 0.2) is 0 Å². The van der Waals surface area contributed by atoms with Gasteiger partial charge in [0.25, 0.3) is 5.91 Å². The second-order valence-electron chi connectivity index (χ2n) is 10.7. The Morgan fingerprint density at radius 1 is 1.03 bits per heavy atom. The number of aromatic nitrogens is 1. The predicted octanol–water partition coefficient (Wildman–Crippen LogP) is 5.75. The van der Waals surface area contributed by atoms with Crippen LogP contribution in [0.3, 0.4) is 0 Å². The summed E-state index contributed by atoms with van der Waals surface area (Å²) < 4.78 is 18.2. The van der Waals surface area contributed by atoms with Gasteiger partial charge in [-0.25, -0.2) is 4.98 Å². The minimum Gasteiger partial charge on any atom is -0.496 e. The van der Waals surface area contributed by atoms with Crippen molar-refractivity contribution in [2.45, 2.75) is 77.2 Å². The number of methoxy groups -OCH3 is 1. The SMILES string of the molecule is COc1ccccc1COc1cc(C(=O)N[C@@H]2CCCN(C(C)C)C2)nc2c(OC3CCCC3)cccc12. The lowest BCUT2D eigenvalue weighted by molar-refractivity contribution is 0.0881. The van der Waals surface area contributed by atoms with Crippen molar-refractivity contribution in [3.63, 3.8) is 0 Å². The highest BCUT2D eigenvalue weighted by atomic mass is 16.5. The van der Waals surface area contributed by atoms with Crippen LogP contribution in [0, 0.1) is 0 Å². The number of nitrogens with zero attached hydrogens (tertiary/aromatic N) is 2. The van der Waals surface area contributed by atoms with Crippen molar-refractivity contribution in [2.24, 2.45) is 0 Å². The molecule has 0 radical (unpaired) electrons. The number of piperidine rings is 1. The molecule has 7 heteroatoms. The Morgan fingerprint density at radius 2 is 1.82 bits per heavy atom. The predicted molar refractivity (Wildman–Crippen MR) is 149 cm³/mol. The molecule has 5 rings (SSSR count). The van der Waals surface area contributed by atoms with Crippen LogP contribution in [-0.2, 0) is 6.61 Å². The molecule has 2 fully saturated rings. The fraction of sp³-hybridized carbons (Fsp3) is 0.484. The van der Waals surface area contributed by atoms with Gasteiger partial charge in [-0.1, -0.05) is 24.3 Å². The van der Waals surface area contributed by atoms with E-state index in [1.807, 2.05) is 42.5 Å². The Labute approximate surface area is 225 Å². The molecular formula is C31H39N3O4. The molecule has 1 saturated heterocycles. The fourth-order valence-electron chi connectivity index (χ4n) is 5.54. The summed E-state index contributed by atoms with van der Waals surface area (Å²) >= 11 is 0. The van der Waals surface area contributed by atoms with Crippen LogP contribution in [0.2, 0.25) is 0 Å². The molecule has 0 unspecified atom stereocenters. The second kappa shape index (κ2) is 12.0. The first-order valence-electron chi connectivity index (χ1n) is 13.9. The smallest absolute Gasteiger partial charge is 0.270 e. The third kappa shape index (κ3) is 6.04. The summed E-state index contributed by atoms with van der Waals surface area (Å²) in [6.45, 7) is 6.63. The normalized spacial score (nSPS) is 18.6. The number of benzene rings is 2. The van der Waals surface area contributed by atoms with Crippen molar-refractivity contribution in [3.05, 3.63) is 59.8 Å². The van der Waals surface area contributed by atoms with Crippen molar-refractivity contribution < 1.29 is 19.0 Å². The molecule has 1 saturated carbocycles. The van der Waals surface area contributed by atoms with E-state index in [-0.39, 0.29) is 18.1 Å². The van der Waals surface area contributed by atoms with Crippen LogP contribution in [0.1, 0.15) is 68.4 Å². The van der Waals surface area contributed by atoms with E-state index >= 15 is 0 Å². The first-order chi connectivity index (χ1) is 18.5. The highest BCUT2D eigenvalue weighted by Gasteiger charge is 2.25. The van der Waals surface area contributed by atoms with Crippen molar-refractivity contribution >= 4 is 16.8 Å². The molecule has 1 aliphatic carbocycles. The largest absolute Gasteiger partial charge is 0.496 e. The van der Waals surface area contributed by atoms with E-state index < -0.39 is 0 Å². The lowest BCUT2D eigenvalue weighted by atomic mass is 10.0. The van der Waals surface area contributed by atoms with Crippen molar-refractivity contribution in [1.29, 1.82) is 0 Å². The molecule has 1 aromatic heterocycles. The molecule has 2 heterocycles. The van der Waals surface area contributed by atoms with Crippen molar-refractivity contribution in [1.82, 2.24) is 15.2 Å². The zero-order valence-corrected chi connectivity index (χ0v) is 22.7. The Hall–Kier alpha value is -3.32. The van der Waals surface area contributed by atoms with Gasteiger partial charge in [-0.05, 0) is 77.1 Å². The van der Waals surface area contributed by atoms with Crippen molar-refractivity contribution in [3.8, 4) is 17.2 Å². The Bertz CT molecular complexity index is 1260. The molecule has 2 aromatic carbocycles. The Morgan fingerprint density at radius 3 is 2.61 bits per heavy atom.